The Kier molecular flexibility index (Phi) is 7.03. The number of benzene rings is 3. The Balaban J connectivity index is 0.000000326. The van der Waals surface area contributed by atoms with E-state index < -0.39 is 14.1 Å². The van der Waals surface area contributed by atoms with Crippen LogP contribution in [0.3, 0.4) is 0 Å². The summed E-state index contributed by atoms with van der Waals surface area (Å²) in [6.07, 6.45) is 0. The first-order valence-corrected chi connectivity index (χ1v) is 10.3. The number of hydrogen-bond donors (Lipinski definition) is 0. The van der Waals surface area contributed by atoms with Crippen molar-refractivity contribution in [1.29, 1.82) is 5.26 Å². The SMILES string of the molecule is CC(C)(C)C#N.c1cc[c]([Al]([c]2ccccc2)[c]2ccccc2)cc1. The molecule has 0 atom stereocenters. The molecule has 0 aliphatic carbocycles. The molecular formula is C23H24AlN. The van der Waals surface area contributed by atoms with Crippen molar-refractivity contribution in [2.75, 3.05) is 0 Å². The number of hydrogen-bond acceptors (Lipinski definition) is 1. The molecule has 0 unspecified atom stereocenters. The highest BCUT2D eigenvalue weighted by Gasteiger charge is 2.23. The van der Waals surface area contributed by atoms with Gasteiger partial charge in [0.25, 0.3) is 0 Å². The van der Waals surface area contributed by atoms with Gasteiger partial charge in [0.05, 0.1) is 6.07 Å². The van der Waals surface area contributed by atoms with Gasteiger partial charge in [-0.2, -0.15) is 5.26 Å². The monoisotopic (exact) mass is 341 g/mol. The molecule has 1 nitrogen and oxygen atoms in total. The molecule has 0 radical (unpaired) electrons. The van der Waals surface area contributed by atoms with Gasteiger partial charge in [0.2, 0.25) is 0 Å². The molecule has 0 bridgehead atoms. The molecule has 0 amide bonds. The van der Waals surface area contributed by atoms with Gasteiger partial charge in [0, 0.05) is 5.41 Å². The first-order chi connectivity index (χ1) is 12.0. The molecule has 124 valence electrons. The van der Waals surface area contributed by atoms with Crippen molar-refractivity contribution in [3.05, 3.63) is 91.0 Å². The van der Waals surface area contributed by atoms with Crippen molar-refractivity contribution >= 4 is 27.4 Å². The van der Waals surface area contributed by atoms with Gasteiger partial charge in [-0.25, -0.2) is 0 Å². The van der Waals surface area contributed by atoms with E-state index in [4.69, 9.17) is 5.26 Å². The fourth-order valence-corrected chi connectivity index (χ4v) is 5.49. The summed E-state index contributed by atoms with van der Waals surface area (Å²) in [5.41, 5.74) is -0.153. The zero-order chi connectivity index (χ0) is 18.1. The summed E-state index contributed by atoms with van der Waals surface area (Å²) in [7, 11) is 0. The third-order valence-electron chi connectivity index (χ3n) is 3.73. The normalized spacial score (nSPS) is 10.2. The molecule has 25 heavy (non-hydrogen) atoms. The Morgan fingerprint density at radius 1 is 0.600 bits per heavy atom. The zero-order valence-electron chi connectivity index (χ0n) is 15.2. The quantitative estimate of drug-likeness (QED) is 0.666. The van der Waals surface area contributed by atoms with Crippen LogP contribution in [-0.4, -0.2) is 14.1 Å². The molecule has 3 aromatic carbocycles. The molecule has 0 saturated heterocycles. The number of rotatable bonds is 3. The fourth-order valence-electron chi connectivity index (χ4n) is 2.51. The van der Waals surface area contributed by atoms with E-state index in [0.29, 0.717) is 0 Å². The van der Waals surface area contributed by atoms with E-state index in [1.54, 1.807) is 0 Å². The summed E-state index contributed by atoms with van der Waals surface area (Å²) in [5, 5.41) is 8.15. The molecule has 3 aromatic rings. The van der Waals surface area contributed by atoms with E-state index in [-0.39, 0.29) is 5.41 Å². The zero-order valence-corrected chi connectivity index (χ0v) is 16.3. The summed E-state index contributed by atoms with van der Waals surface area (Å²) >= 11 is -1.31. The van der Waals surface area contributed by atoms with Crippen molar-refractivity contribution < 1.29 is 0 Å². The molecule has 0 saturated carbocycles. The van der Waals surface area contributed by atoms with Crippen LogP contribution in [0.15, 0.2) is 91.0 Å². The van der Waals surface area contributed by atoms with E-state index in [0.717, 1.165) is 0 Å². The smallest absolute Gasteiger partial charge is 0.198 e. The lowest BCUT2D eigenvalue weighted by atomic mass is 10.0. The van der Waals surface area contributed by atoms with Gasteiger partial charge in [-0.1, -0.05) is 104 Å². The van der Waals surface area contributed by atoms with Crippen molar-refractivity contribution in [2.24, 2.45) is 5.41 Å². The molecule has 0 N–H and O–H groups in total. The second-order valence-electron chi connectivity index (χ2n) is 7.03. The van der Waals surface area contributed by atoms with Crippen molar-refractivity contribution in [3.63, 3.8) is 0 Å². The summed E-state index contributed by atoms with van der Waals surface area (Å²) in [6.45, 7) is 5.65. The summed E-state index contributed by atoms with van der Waals surface area (Å²) in [6, 6.07) is 34.8. The van der Waals surface area contributed by atoms with E-state index in [1.807, 2.05) is 20.8 Å². The first kappa shape index (κ1) is 19.0. The van der Waals surface area contributed by atoms with Crippen LogP contribution >= 0.6 is 0 Å². The van der Waals surface area contributed by atoms with Crippen LogP contribution in [0.2, 0.25) is 0 Å². The summed E-state index contributed by atoms with van der Waals surface area (Å²) in [4.78, 5) is 0. The maximum Gasteiger partial charge on any atom is 0.383 e. The van der Waals surface area contributed by atoms with E-state index in [1.165, 1.54) is 13.3 Å². The average molecular weight is 341 g/mol. The number of nitrogens with zero attached hydrogens (tertiary/aromatic N) is 1. The molecule has 0 spiro atoms. The second-order valence-corrected chi connectivity index (χ2v) is 9.89. The van der Waals surface area contributed by atoms with Crippen LogP contribution in [0.5, 0.6) is 0 Å². The van der Waals surface area contributed by atoms with Gasteiger partial charge in [-0.05, 0) is 20.8 Å². The lowest BCUT2D eigenvalue weighted by Gasteiger charge is -2.13. The lowest BCUT2D eigenvalue weighted by molar-refractivity contribution is 0.561. The highest BCUT2D eigenvalue weighted by molar-refractivity contribution is 6.95. The maximum atomic E-state index is 8.15. The second kappa shape index (κ2) is 9.24. The van der Waals surface area contributed by atoms with Gasteiger partial charge in [-0.15, -0.1) is 0 Å². The van der Waals surface area contributed by atoms with E-state index in [2.05, 4.69) is 97.1 Å². The lowest BCUT2D eigenvalue weighted by Crippen LogP contribution is -2.51. The Morgan fingerprint density at radius 3 is 1.04 bits per heavy atom. The highest BCUT2D eigenvalue weighted by Crippen LogP contribution is 2.08. The Hall–Kier alpha value is -2.32. The van der Waals surface area contributed by atoms with Gasteiger partial charge >= 0.3 is 14.1 Å². The van der Waals surface area contributed by atoms with Gasteiger partial charge < -0.3 is 0 Å². The molecule has 0 fully saturated rings. The van der Waals surface area contributed by atoms with Crippen LogP contribution in [-0.2, 0) is 0 Å². The van der Waals surface area contributed by atoms with Crippen molar-refractivity contribution in [1.82, 2.24) is 0 Å². The van der Waals surface area contributed by atoms with Crippen molar-refractivity contribution in [3.8, 4) is 6.07 Å². The molecular weight excluding hydrogens is 317 g/mol. The maximum absolute atomic E-state index is 8.15. The number of nitriles is 1. The van der Waals surface area contributed by atoms with Crippen LogP contribution in [0.25, 0.3) is 0 Å². The molecule has 0 aliphatic heterocycles. The third kappa shape index (κ3) is 6.24. The van der Waals surface area contributed by atoms with Crippen LogP contribution in [0, 0.1) is 16.7 Å². The molecule has 0 heterocycles. The molecule has 2 heteroatoms. The Bertz CT molecular complexity index is 690. The molecule has 3 rings (SSSR count). The minimum atomic E-state index is -1.31. The molecule has 0 aliphatic rings. The van der Waals surface area contributed by atoms with E-state index in [9.17, 15) is 0 Å². The predicted molar refractivity (Wildman–Crippen MR) is 109 cm³/mol. The van der Waals surface area contributed by atoms with Crippen molar-refractivity contribution in [2.45, 2.75) is 20.8 Å². The van der Waals surface area contributed by atoms with Crippen LogP contribution in [0.1, 0.15) is 20.8 Å². The van der Waals surface area contributed by atoms with Crippen LogP contribution in [0.4, 0.5) is 0 Å². The predicted octanol–water partition coefficient (Wildman–Crippen LogP) is 3.76. The summed E-state index contributed by atoms with van der Waals surface area (Å²) in [5.74, 6) is 0. The minimum Gasteiger partial charge on any atom is -0.198 e. The highest BCUT2D eigenvalue weighted by atomic mass is 27.2. The van der Waals surface area contributed by atoms with Gasteiger partial charge in [0.1, 0.15) is 0 Å². The minimum absolute atomic E-state index is 0.153. The standard InChI is InChI=1S/3C6H5.C5H9N.Al/c3*1-2-4-6-5-3-1;1-5(2,3)4-6;/h3*1-5H;1-3H3;. The topological polar surface area (TPSA) is 23.8 Å². The fraction of sp³-hybridized carbons (Fsp3) is 0.174. The Labute approximate surface area is 156 Å². The average Bonchev–Trinajstić information content (AvgIpc) is 2.65. The third-order valence-corrected chi connectivity index (χ3v) is 6.89. The van der Waals surface area contributed by atoms with Gasteiger partial charge in [-0.3, -0.25) is 0 Å². The van der Waals surface area contributed by atoms with E-state index >= 15 is 0 Å². The Morgan fingerprint density at radius 2 is 0.840 bits per heavy atom. The van der Waals surface area contributed by atoms with Crippen LogP contribution < -0.4 is 13.3 Å². The molecule has 0 aromatic heterocycles. The van der Waals surface area contributed by atoms with Gasteiger partial charge in [0.15, 0.2) is 0 Å². The summed E-state index contributed by atoms with van der Waals surface area (Å²) < 4.78 is 4.42. The first-order valence-electron chi connectivity index (χ1n) is 8.57. The largest absolute Gasteiger partial charge is 0.383 e.